The highest BCUT2D eigenvalue weighted by Crippen LogP contribution is 2.31. The maximum Gasteiger partial charge on any atom is 0.435 e. The Morgan fingerprint density at radius 3 is 2.56 bits per heavy atom. The van der Waals surface area contributed by atoms with Crippen LogP contribution in [-0.4, -0.2) is 27.5 Å². The highest BCUT2D eigenvalue weighted by molar-refractivity contribution is 6.32. The minimum atomic E-state index is -4.86. The van der Waals surface area contributed by atoms with Crippen molar-refractivity contribution in [3.05, 3.63) is 50.7 Å². The first-order valence-corrected chi connectivity index (χ1v) is 6.90. The van der Waals surface area contributed by atoms with Crippen molar-refractivity contribution in [2.45, 2.75) is 13.1 Å². The number of rotatable bonds is 4. The summed E-state index contributed by atoms with van der Waals surface area (Å²) in [5.74, 6) is -2.82. The van der Waals surface area contributed by atoms with Gasteiger partial charge < -0.3 is 9.84 Å². The van der Waals surface area contributed by atoms with Crippen LogP contribution in [0.25, 0.3) is 5.69 Å². The Bertz CT molecular complexity index is 896. The molecule has 1 aromatic heterocycles. The SMILES string of the molecule is Cc1cc(C(F)(F)F)nn(-c2cc(OCC(=O)O)c(Cl)cc2F)c1=O. The zero-order valence-corrected chi connectivity index (χ0v) is 13.2. The number of carbonyl (C=O) groups is 1. The first kappa shape index (κ1) is 18.7. The van der Waals surface area contributed by atoms with E-state index in [1.165, 1.54) is 0 Å². The highest BCUT2D eigenvalue weighted by atomic mass is 35.5. The number of alkyl halides is 3. The quantitative estimate of drug-likeness (QED) is 0.825. The van der Waals surface area contributed by atoms with E-state index in [4.69, 9.17) is 21.4 Å². The maximum absolute atomic E-state index is 14.1. The molecule has 0 saturated carbocycles. The van der Waals surface area contributed by atoms with Crippen LogP contribution >= 0.6 is 11.6 Å². The lowest BCUT2D eigenvalue weighted by Gasteiger charge is -2.13. The van der Waals surface area contributed by atoms with Crippen LogP contribution < -0.4 is 10.3 Å². The van der Waals surface area contributed by atoms with Gasteiger partial charge in [-0.1, -0.05) is 11.6 Å². The van der Waals surface area contributed by atoms with Crippen molar-refractivity contribution in [2.24, 2.45) is 0 Å². The predicted molar refractivity (Wildman–Crippen MR) is 77.7 cm³/mol. The Morgan fingerprint density at radius 2 is 2.00 bits per heavy atom. The van der Waals surface area contributed by atoms with Gasteiger partial charge >= 0.3 is 12.1 Å². The molecule has 0 atom stereocenters. The Hall–Kier alpha value is -2.62. The van der Waals surface area contributed by atoms with Gasteiger partial charge in [-0.25, -0.2) is 9.18 Å². The molecule has 134 valence electrons. The molecule has 0 aliphatic rings. The molecule has 0 amide bonds. The van der Waals surface area contributed by atoms with Crippen molar-refractivity contribution in [1.29, 1.82) is 0 Å². The molecule has 1 N–H and O–H groups in total. The number of carboxylic acids is 1. The molecule has 6 nitrogen and oxygen atoms in total. The lowest BCUT2D eigenvalue weighted by atomic mass is 10.2. The van der Waals surface area contributed by atoms with E-state index in [-0.39, 0.29) is 21.0 Å². The fourth-order valence-electron chi connectivity index (χ4n) is 1.85. The minimum absolute atomic E-state index is 0.220. The molecule has 2 aromatic rings. The summed E-state index contributed by atoms with van der Waals surface area (Å²) in [6, 6.07) is 2.01. The molecule has 1 aromatic carbocycles. The van der Waals surface area contributed by atoms with E-state index in [2.05, 4.69) is 5.10 Å². The average molecular weight is 381 g/mol. The summed E-state index contributed by atoms with van der Waals surface area (Å²) in [4.78, 5) is 22.6. The van der Waals surface area contributed by atoms with Crippen LogP contribution in [0.3, 0.4) is 0 Å². The molecule has 0 fully saturated rings. The molecule has 0 aliphatic heterocycles. The van der Waals surface area contributed by atoms with Crippen molar-refractivity contribution in [3.8, 4) is 11.4 Å². The lowest BCUT2D eigenvalue weighted by molar-refractivity contribution is -0.142. The summed E-state index contributed by atoms with van der Waals surface area (Å²) in [5.41, 5.74) is -3.36. The van der Waals surface area contributed by atoms with Crippen LogP contribution in [0.1, 0.15) is 11.3 Å². The first-order valence-electron chi connectivity index (χ1n) is 6.53. The molecule has 2 rings (SSSR count). The standard InChI is InChI=1S/C14H9ClF4N2O4/c1-6-2-11(14(17,18)19)20-21(13(6)24)9-4-10(25-5-12(22)23)7(15)3-8(9)16/h2-4H,5H2,1H3,(H,22,23). The van der Waals surface area contributed by atoms with Gasteiger partial charge in [0.25, 0.3) is 5.56 Å². The average Bonchev–Trinajstić information content (AvgIpc) is 2.48. The van der Waals surface area contributed by atoms with Gasteiger partial charge in [-0.3, -0.25) is 4.79 Å². The zero-order valence-electron chi connectivity index (χ0n) is 12.4. The van der Waals surface area contributed by atoms with E-state index in [1.54, 1.807) is 0 Å². The van der Waals surface area contributed by atoms with Crippen LogP contribution in [0.15, 0.2) is 23.0 Å². The van der Waals surface area contributed by atoms with E-state index < -0.39 is 41.5 Å². The first-order chi connectivity index (χ1) is 11.5. The van der Waals surface area contributed by atoms with Crippen molar-refractivity contribution in [2.75, 3.05) is 6.61 Å². The summed E-state index contributed by atoms with van der Waals surface area (Å²) >= 11 is 5.70. The number of hydrogen-bond acceptors (Lipinski definition) is 4. The maximum atomic E-state index is 14.1. The second-order valence-electron chi connectivity index (χ2n) is 4.84. The molecule has 0 saturated heterocycles. The van der Waals surface area contributed by atoms with E-state index in [0.717, 1.165) is 13.0 Å². The Labute approximate surface area is 142 Å². The van der Waals surface area contributed by atoms with Gasteiger partial charge in [-0.15, -0.1) is 0 Å². The second kappa shape index (κ2) is 6.71. The summed E-state index contributed by atoms with van der Waals surface area (Å²) in [5, 5.41) is 11.4. The van der Waals surface area contributed by atoms with Crippen molar-refractivity contribution < 1.29 is 32.2 Å². The van der Waals surface area contributed by atoms with E-state index in [1.807, 2.05) is 0 Å². The number of halogens is 5. The molecule has 0 unspecified atom stereocenters. The normalized spacial score (nSPS) is 11.4. The van der Waals surface area contributed by atoms with E-state index in [9.17, 15) is 27.2 Å². The number of ether oxygens (including phenoxy) is 1. The van der Waals surface area contributed by atoms with Crippen molar-refractivity contribution in [3.63, 3.8) is 0 Å². The van der Waals surface area contributed by atoms with Gasteiger partial charge in [0.2, 0.25) is 0 Å². The fraction of sp³-hybridized carbons (Fsp3) is 0.214. The summed E-state index contributed by atoms with van der Waals surface area (Å²) in [7, 11) is 0. The number of benzene rings is 1. The summed E-state index contributed by atoms with van der Waals surface area (Å²) in [6.07, 6.45) is -4.86. The summed E-state index contributed by atoms with van der Waals surface area (Å²) in [6.45, 7) is 0.292. The lowest BCUT2D eigenvalue weighted by Crippen LogP contribution is -2.27. The van der Waals surface area contributed by atoms with Gasteiger partial charge in [0.05, 0.1) is 5.02 Å². The van der Waals surface area contributed by atoms with Crippen LogP contribution in [-0.2, 0) is 11.0 Å². The Morgan fingerprint density at radius 1 is 1.36 bits per heavy atom. The molecule has 0 spiro atoms. The number of carboxylic acid groups (broad SMARTS) is 1. The molecular weight excluding hydrogens is 372 g/mol. The topological polar surface area (TPSA) is 81.4 Å². The molecule has 25 heavy (non-hydrogen) atoms. The zero-order chi connectivity index (χ0) is 18.9. The second-order valence-corrected chi connectivity index (χ2v) is 5.25. The van der Waals surface area contributed by atoms with Crippen LogP contribution in [0.4, 0.5) is 17.6 Å². The Balaban J connectivity index is 2.65. The van der Waals surface area contributed by atoms with E-state index >= 15 is 0 Å². The molecule has 1 heterocycles. The Kier molecular flexibility index (Phi) is 5.02. The van der Waals surface area contributed by atoms with Gasteiger partial charge in [0.15, 0.2) is 18.1 Å². The van der Waals surface area contributed by atoms with Crippen molar-refractivity contribution in [1.82, 2.24) is 9.78 Å². The van der Waals surface area contributed by atoms with Gasteiger partial charge in [0, 0.05) is 11.6 Å². The van der Waals surface area contributed by atoms with Crippen LogP contribution in [0.5, 0.6) is 5.75 Å². The number of aryl methyl sites for hydroxylation is 1. The van der Waals surface area contributed by atoms with Crippen molar-refractivity contribution >= 4 is 17.6 Å². The molecule has 11 heteroatoms. The van der Waals surface area contributed by atoms with Crippen LogP contribution in [0, 0.1) is 12.7 Å². The highest BCUT2D eigenvalue weighted by Gasteiger charge is 2.34. The summed E-state index contributed by atoms with van der Waals surface area (Å²) < 4.78 is 57.8. The number of aromatic nitrogens is 2. The molecule has 0 aliphatic carbocycles. The van der Waals surface area contributed by atoms with E-state index in [0.29, 0.717) is 12.1 Å². The predicted octanol–water partition coefficient (Wildman–Crippen LogP) is 2.82. The number of nitrogens with zero attached hydrogens (tertiary/aromatic N) is 2. The smallest absolute Gasteiger partial charge is 0.435 e. The fourth-order valence-corrected chi connectivity index (χ4v) is 2.05. The molecule has 0 radical (unpaired) electrons. The monoisotopic (exact) mass is 380 g/mol. The molecule has 0 bridgehead atoms. The third kappa shape index (κ3) is 4.08. The van der Waals surface area contributed by atoms with Gasteiger partial charge in [-0.2, -0.15) is 23.0 Å². The minimum Gasteiger partial charge on any atom is -0.480 e. The number of hydrogen-bond donors (Lipinski definition) is 1. The molecular formula is C14H9ClF4N2O4. The third-order valence-electron chi connectivity index (χ3n) is 2.96. The third-order valence-corrected chi connectivity index (χ3v) is 3.26. The van der Waals surface area contributed by atoms with Crippen LogP contribution in [0.2, 0.25) is 5.02 Å². The number of aliphatic carboxylic acids is 1. The largest absolute Gasteiger partial charge is 0.480 e. The van der Waals surface area contributed by atoms with Gasteiger partial charge in [0.1, 0.15) is 11.4 Å². The van der Waals surface area contributed by atoms with Gasteiger partial charge in [-0.05, 0) is 19.1 Å².